The molecule has 0 spiro atoms. The van der Waals surface area contributed by atoms with Crippen molar-refractivity contribution in [2.75, 3.05) is 41.0 Å². The van der Waals surface area contributed by atoms with Crippen molar-refractivity contribution in [3.8, 4) is 5.75 Å². The van der Waals surface area contributed by atoms with Crippen LogP contribution in [-0.4, -0.2) is 36.4 Å². The van der Waals surface area contributed by atoms with Crippen LogP contribution in [0.1, 0.15) is 12.8 Å². The molecule has 2 heterocycles. The molecule has 1 fully saturated rings. The van der Waals surface area contributed by atoms with Gasteiger partial charge in [-0.1, -0.05) is 6.07 Å². The highest BCUT2D eigenvalue weighted by atomic mass is 16.5. The van der Waals surface area contributed by atoms with Crippen LogP contribution in [0.25, 0.3) is 0 Å². The maximum atomic E-state index is 12.2. The highest BCUT2D eigenvalue weighted by Gasteiger charge is 2.13. The molecule has 1 aliphatic heterocycles. The van der Waals surface area contributed by atoms with E-state index in [1.165, 1.54) is 12.8 Å². The van der Waals surface area contributed by atoms with Crippen LogP contribution in [0, 0.1) is 0 Å². The molecule has 0 saturated carbocycles. The van der Waals surface area contributed by atoms with Gasteiger partial charge in [-0.3, -0.25) is 0 Å². The van der Waals surface area contributed by atoms with Crippen LogP contribution in [0.3, 0.4) is 0 Å². The first-order chi connectivity index (χ1) is 14.7. The van der Waals surface area contributed by atoms with E-state index in [4.69, 9.17) is 4.74 Å². The molecule has 30 heavy (non-hydrogen) atoms. The number of amides is 2. The van der Waals surface area contributed by atoms with Crippen molar-refractivity contribution >= 4 is 34.6 Å². The molecule has 2 aromatic carbocycles. The van der Waals surface area contributed by atoms with E-state index in [-0.39, 0.29) is 6.03 Å². The minimum atomic E-state index is -0.326. The summed E-state index contributed by atoms with van der Waals surface area (Å²) in [5.74, 6) is 1.37. The van der Waals surface area contributed by atoms with Gasteiger partial charge < -0.3 is 25.6 Å². The minimum Gasteiger partial charge on any atom is -0.497 e. The Kier molecular flexibility index (Phi) is 5.93. The van der Waals surface area contributed by atoms with E-state index in [9.17, 15) is 4.79 Å². The molecule has 0 aliphatic carbocycles. The fourth-order valence-electron chi connectivity index (χ4n) is 3.34. The standard InChI is InChI=1S/C22H24N6O2/c1-30-20-6-4-5-18(13-20)26-22(29)25-17-9-7-16(8-10-17)24-21-14-19(15-23-27-21)28-11-2-3-12-28/h4-10,13-15H,2-3,11-12H2,1H3,(H,24,27)(H2,25,26,29). The molecule has 1 aliphatic rings. The number of carbonyl (C=O) groups is 1. The van der Waals surface area contributed by atoms with E-state index < -0.39 is 0 Å². The Morgan fingerprint density at radius 3 is 2.47 bits per heavy atom. The molecule has 3 aromatic rings. The van der Waals surface area contributed by atoms with Gasteiger partial charge in [-0.25, -0.2) is 4.79 Å². The molecule has 0 unspecified atom stereocenters. The normalized spacial score (nSPS) is 13.0. The summed E-state index contributed by atoms with van der Waals surface area (Å²) < 4.78 is 5.16. The number of rotatable bonds is 6. The summed E-state index contributed by atoms with van der Waals surface area (Å²) in [6, 6.07) is 16.3. The van der Waals surface area contributed by atoms with Gasteiger partial charge in [-0.05, 0) is 49.2 Å². The van der Waals surface area contributed by atoms with Crippen LogP contribution in [0.5, 0.6) is 5.75 Å². The molecule has 8 nitrogen and oxygen atoms in total. The molecular formula is C22H24N6O2. The maximum Gasteiger partial charge on any atom is 0.323 e. The van der Waals surface area contributed by atoms with Crippen LogP contribution in [0.4, 0.5) is 33.4 Å². The van der Waals surface area contributed by atoms with Gasteiger partial charge in [0.15, 0.2) is 5.82 Å². The molecule has 4 rings (SSSR count). The van der Waals surface area contributed by atoms with Crippen molar-refractivity contribution in [1.82, 2.24) is 10.2 Å². The van der Waals surface area contributed by atoms with Crippen LogP contribution < -0.4 is 25.6 Å². The predicted molar refractivity (Wildman–Crippen MR) is 119 cm³/mol. The van der Waals surface area contributed by atoms with Gasteiger partial charge >= 0.3 is 6.03 Å². The van der Waals surface area contributed by atoms with Crippen molar-refractivity contribution in [2.24, 2.45) is 0 Å². The van der Waals surface area contributed by atoms with E-state index in [1.54, 1.807) is 25.4 Å². The average molecular weight is 404 g/mol. The van der Waals surface area contributed by atoms with Gasteiger partial charge in [-0.2, -0.15) is 5.10 Å². The molecule has 3 N–H and O–H groups in total. The van der Waals surface area contributed by atoms with Gasteiger partial charge in [0.1, 0.15) is 5.75 Å². The summed E-state index contributed by atoms with van der Waals surface area (Å²) in [6.45, 7) is 2.12. The van der Waals surface area contributed by atoms with Gasteiger partial charge in [0, 0.05) is 42.3 Å². The first-order valence-corrected chi connectivity index (χ1v) is 9.86. The van der Waals surface area contributed by atoms with Crippen molar-refractivity contribution in [1.29, 1.82) is 0 Å². The third kappa shape index (κ3) is 4.96. The van der Waals surface area contributed by atoms with Crippen molar-refractivity contribution in [2.45, 2.75) is 12.8 Å². The molecule has 0 atom stereocenters. The lowest BCUT2D eigenvalue weighted by Crippen LogP contribution is -2.19. The van der Waals surface area contributed by atoms with Crippen LogP contribution >= 0.6 is 0 Å². The Hall–Kier alpha value is -3.81. The maximum absolute atomic E-state index is 12.2. The minimum absolute atomic E-state index is 0.326. The highest BCUT2D eigenvalue weighted by molar-refractivity contribution is 5.99. The zero-order chi connectivity index (χ0) is 20.8. The van der Waals surface area contributed by atoms with E-state index in [1.807, 2.05) is 42.5 Å². The summed E-state index contributed by atoms with van der Waals surface area (Å²) in [7, 11) is 1.59. The van der Waals surface area contributed by atoms with E-state index in [0.29, 0.717) is 22.9 Å². The summed E-state index contributed by atoms with van der Waals surface area (Å²) in [4.78, 5) is 14.5. The largest absolute Gasteiger partial charge is 0.497 e. The van der Waals surface area contributed by atoms with Crippen molar-refractivity contribution in [3.63, 3.8) is 0 Å². The number of nitrogens with one attached hydrogen (secondary N) is 3. The van der Waals surface area contributed by atoms with Gasteiger partial charge in [-0.15, -0.1) is 5.10 Å². The molecular weight excluding hydrogens is 380 g/mol. The quantitative estimate of drug-likeness (QED) is 0.561. The van der Waals surface area contributed by atoms with Crippen molar-refractivity contribution in [3.05, 3.63) is 60.8 Å². The van der Waals surface area contributed by atoms with Gasteiger partial charge in [0.05, 0.1) is 19.0 Å². The second-order valence-electron chi connectivity index (χ2n) is 7.01. The number of hydrogen-bond acceptors (Lipinski definition) is 6. The lowest BCUT2D eigenvalue weighted by molar-refractivity contribution is 0.262. The average Bonchev–Trinajstić information content (AvgIpc) is 3.30. The predicted octanol–water partition coefficient (Wildman–Crippen LogP) is 4.47. The number of aromatic nitrogens is 2. The zero-order valence-electron chi connectivity index (χ0n) is 16.8. The van der Waals surface area contributed by atoms with Crippen LogP contribution in [-0.2, 0) is 0 Å². The summed E-state index contributed by atoms with van der Waals surface area (Å²) >= 11 is 0. The fraction of sp³-hybridized carbons (Fsp3) is 0.227. The Morgan fingerprint density at radius 2 is 1.70 bits per heavy atom. The number of urea groups is 1. The summed E-state index contributed by atoms with van der Waals surface area (Å²) in [5, 5.41) is 17.1. The smallest absolute Gasteiger partial charge is 0.323 e. The Balaban J connectivity index is 1.34. The molecule has 2 amide bonds. The number of benzene rings is 2. The first kappa shape index (κ1) is 19.5. The topological polar surface area (TPSA) is 91.4 Å². The number of ether oxygens (including phenoxy) is 1. The summed E-state index contributed by atoms with van der Waals surface area (Å²) in [6.07, 6.45) is 4.22. The van der Waals surface area contributed by atoms with Gasteiger partial charge in [0.25, 0.3) is 0 Å². The van der Waals surface area contributed by atoms with E-state index in [0.717, 1.165) is 24.5 Å². The highest BCUT2D eigenvalue weighted by Crippen LogP contribution is 2.23. The molecule has 0 radical (unpaired) electrons. The Bertz CT molecular complexity index is 1000. The lowest BCUT2D eigenvalue weighted by atomic mass is 10.2. The number of anilines is 5. The van der Waals surface area contributed by atoms with Crippen molar-refractivity contribution < 1.29 is 9.53 Å². The second kappa shape index (κ2) is 9.13. The third-order valence-electron chi connectivity index (χ3n) is 4.85. The third-order valence-corrected chi connectivity index (χ3v) is 4.85. The molecule has 0 bridgehead atoms. The van der Waals surface area contributed by atoms with Crippen LogP contribution in [0.15, 0.2) is 60.8 Å². The molecule has 1 aromatic heterocycles. The Morgan fingerprint density at radius 1 is 0.967 bits per heavy atom. The number of methoxy groups -OCH3 is 1. The van der Waals surface area contributed by atoms with Crippen LogP contribution in [0.2, 0.25) is 0 Å². The SMILES string of the molecule is COc1cccc(NC(=O)Nc2ccc(Nc3cc(N4CCCC4)cnn3)cc2)c1. The lowest BCUT2D eigenvalue weighted by Gasteiger charge is -2.17. The number of carbonyl (C=O) groups excluding carboxylic acids is 1. The van der Waals surface area contributed by atoms with E-state index >= 15 is 0 Å². The number of hydrogen-bond donors (Lipinski definition) is 3. The molecule has 154 valence electrons. The first-order valence-electron chi connectivity index (χ1n) is 9.86. The van der Waals surface area contributed by atoms with E-state index in [2.05, 4.69) is 31.0 Å². The molecule has 8 heteroatoms. The van der Waals surface area contributed by atoms with Gasteiger partial charge in [0.2, 0.25) is 0 Å². The monoisotopic (exact) mass is 404 g/mol. The molecule has 1 saturated heterocycles. The zero-order valence-corrected chi connectivity index (χ0v) is 16.8. The summed E-state index contributed by atoms with van der Waals surface area (Å²) in [5.41, 5.74) is 3.28. The fourth-order valence-corrected chi connectivity index (χ4v) is 3.34. The second-order valence-corrected chi connectivity index (χ2v) is 7.01. The number of nitrogens with zero attached hydrogens (tertiary/aromatic N) is 3. The Labute approximate surface area is 175 Å².